The SMILES string of the molecule is NNc1cc2ccccc2c(S(=O)(=O)O)c1S(=O)(=O)O. The number of nitrogen functional groups attached to an aromatic ring is 1. The summed E-state index contributed by atoms with van der Waals surface area (Å²) >= 11 is 0. The van der Waals surface area contributed by atoms with Crippen LogP contribution in [0.2, 0.25) is 0 Å². The van der Waals surface area contributed by atoms with E-state index in [2.05, 4.69) is 0 Å². The van der Waals surface area contributed by atoms with Crippen molar-refractivity contribution < 1.29 is 25.9 Å². The summed E-state index contributed by atoms with van der Waals surface area (Å²) in [5.41, 5.74) is 1.64. The maximum absolute atomic E-state index is 11.5. The van der Waals surface area contributed by atoms with Crippen LogP contribution in [0.1, 0.15) is 0 Å². The Hall–Kier alpha value is -1.72. The number of nitrogens with one attached hydrogen (secondary N) is 1. The lowest BCUT2D eigenvalue weighted by Gasteiger charge is -2.13. The molecule has 0 bridgehead atoms. The molecule has 0 fully saturated rings. The number of hydrogen-bond acceptors (Lipinski definition) is 6. The number of fused-ring (bicyclic) bond motifs is 1. The van der Waals surface area contributed by atoms with Crippen LogP contribution < -0.4 is 11.3 Å². The summed E-state index contributed by atoms with van der Waals surface area (Å²) in [4.78, 5) is -1.92. The van der Waals surface area contributed by atoms with Gasteiger partial charge in [0.1, 0.15) is 9.79 Å². The Labute approximate surface area is 114 Å². The Bertz CT molecular complexity index is 889. The van der Waals surface area contributed by atoms with Gasteiger partial charge in [0.15, 0.2) is 0 Å². The van der Waals surface area contributed by atoms with Crippen LogP contribution in [0.5, 0.6) is 0 Å². The van der Waals surface area contributed by atoms with Crippen LogP contribution in [0.25, 0.3) is 10.8 Å². The van der Waals surface area contributed by atoms with Crippen molar-refractivity contribution in [3.8, 4) is 0 Å². The van der Waals surface area contributed by atoms with E-state index in [9.17, 15) is 25.9 Å². The highest BCUT2D eigenvalue weighted by Gasteiger charge is 2.30. The fourth-order valence-corrected chi connectivity index (χ4v) is 4.09. The predicted molar refractivity (Wildman–Crippen MR) is 71.4 cm³/mol. The maximum Gasteiger partial charge on any atom is 0.298 e. The highest BCUT2D eigenvalue weighted by Crippen LogP contribution is 2.35. The first-order valence-corrected chi connectivity index (χ1v) is 8.01. The molecule has 0 aliphatic carbocycles. The van der Waals surface area contributed by atoms with Crippen molar-refractivity contribution in [2.75, 3.05) is 5.43 Å². The molecule has 0 saturated carbocycles. The van der Waals surface area contributed by atoms with Gasteiger partial charge in [-0.3, -0.25) is 14.9 Å². The number of rotatable bonds is 3. The molecule has 0 aliphatic heterocycles. The number of nitrogens with two attached hydrogens (primary N) is 1. The first-order chi connectivity index (χ1) is 9.16. The van der Waals surface area contributed by atoms with E-state index < -0.39 is 30.0 Å². The van der Waals surface area contributed by atoms with Crippen molar-refractivity contribution in [2.24, 2.45) is 5.84 Å². The Balaban J connectivity index is 3.18. The van der Waals surface area contributed by atoms with Crippen LogP contribution in [0.4, 0.5) is 5.69 Å². The molecule has 0 unspecified atom stereocenters. The number of hydrogen-bond donors (Lipinski definition) is 4. The van der Waals surface area contributed by atoms with E-state index in [-0.39, 0.29) is 11.1 Å². The van der Waals surface area contributed by atoms with Gasteiger partial charge in [-0.2, -0.15) is 16.8 Å². The molecule has 8 nitrogen and oxygen atoms in total. The first kappa shape index (κ1) is 14.7. The summed E-state index contributed by atoms with van der Waals surface area (Å²) < 4.78 is 64.3. The molecule has 2 rings (SSSR count). The third kappa shape index (κ3) is 2.46. The van der Waals surface area contributed by atoms with Crippen molar-refractivity contribution >= 4 is 36.7 Å². The zero-order valence-electron chi connectivity index (χ0n) is 9.81. The van der Waals surface area contributed by atoms with E-state index in [1.807, 2.05) is 5.43 Å². The van der Waals surface area contributed by atoms with Gasteiger partial charge in [0.2, 0.25) is 0 Å². The van der Waals surface area contributed by atoms with E-state index in [0.29, 0.717) is 5.39 Å². The van der Waals surface area contributed by atoms with Crippen molar-refractivity contribution in [3.05, 3.63) is 30.3 Å². The minimum Gasteiger partial charge on any atom is -0.323 e. The second kappa shape index (κ2) is 4.68. The molecular weight excluding hydrogens is 308 g/mol. The second-order valence-corrected chi connectivity index (χ2v) is 6.61. The topological polar surface area (TPSA) is 147 Å². The van der Waals surface area contributed by atoms with Crippen molar-refractivity contribution in [1.29, 1.82) is 0 Å². The third-order valence-corrected chi connectivity index (χ3v) is 4.64. The lowest BCUT2D eigenvalue weighted by molar-refractivity contribution is 0.468. The molecule has 0 atom stereocenters. The van der Waals surface area contributed by atoms with Crippen LogP contribution in [0.3, 0.4) is 0 Å². The van der Waals surface area contributed by atoms with Crippen LogP contribution in [-0.4, -0.2) is 25.9 Å². The van der Waals surface area contributed by atoms with Crippen LogP contribution in [-0.2, 0) is 20.2 Å². The molecule has 0 aromatic heterocycles. The average Bonchev–Trinajstić information content (AvgIpc) is 2.34. The van der Waals surface area contributed by atoms with Gasteiger partial charge >= 0.3 is 0 Å². The molecule has 2 aromatic rings. The summed E-state index contributed by atoms with van der Waals surface area (Å²) in [7, 11) is -9.84. The quantitative estimate of drug-likeness (QED) is 0.366. The van der Waals surface area contributed by atoms with E-state index in [1.54, 1.807) is 6.07 Å². The standard InChI is InChI=1S/C10H10N2O6S2/c11-12-8-5-6-3-1-2-4-7(6)9(19(13,14)15)10(8)20(16,17)18/h1-5,12H,11H2,(H,13,14,15)(H,16,17,18). The second-order valence-electron chi connectivity index (χ2n) is 3.90. The lowest BCUT2D eigenvalue weighted by Crippen LogP contribution is -2.16. The van der Waals surface area contributed by atoms with Gasteiger partial charge < -0.3 is 5.43 Å². The molecule has 0 aliphatic rings. The smallest absolute Gasteiger partial charge is 0.298 e. The fraction of sp³-hybridized carbons (Fsp3) is 0. The summed E-state index contributed by atoms with van der Waals surface area (Å²) in [6, 6.07) is 7.09. The monoisotopic (exact) mass is 318 g/mol. The first-order valence-electron chi connectivity index (χ1n) is 5.13. The Kier molecular flexibility index (Phi) is 3.44. The van der Waals surface area contributed by atoms with E-state index in [0.717, 1.165) is 0 Å². The highest BCUT2D eigenvalue weighted by molar-refractivity contribution is 7.89. The lowest BCUT2D eigenvalue weighted by atomic mass is 10.1. The Morgan fingerprint density at radius 2 is 1.50 bits per heavy atom. The molecule has 0 radical (unpaired) electrons. The minimum atomic E-state index is -4.93. The predicted octanol–water partition coefficient (Wildman–Crippen LogP) is 0.619. The Morgan fingerprint density at radius 1 is 0.950 bits per heavy atom. The molecule has 0 saturated heterocycles. The molecule has 20 heavy (non-hydrogen) atoms. The molecule has 5 N–H and O–H groups in total. The van der Waals surface area contributed by atoms with Gasteiger partial charge in [-0.25, -0.2) is 0 Å². The largest absolute Gasteiger partial charge is 0.323 e. The summed E-state index contributed by atoms with van der Waals surface area (Å²) in [6.45, 7) is 0. The summed E-state index contributed by atoms with van der Waals surface area (Å²) in [5, 5.41) is 0.266. The molecular formula is C10H10N2O6S2. The average molecular weight is 318 g/mol. The van der Waals surface area contributed by atoms with E-state index in [4.69, 9.17) is 5.84 Å². The minimum absolute atomic E-state index is 0.0541. The number of benzene rings is 2. The van der Waals surface area contributed by atoms with Crippen molar-refractivity contribution in [3.63, 3.8) is 0 Å². The molecule has 0 heterocycles. The molecule has 0 amide bonds. The zero-order valence-corrected chi connectivity index (χ0v) is 11.4. The van der Waals surface area contributed by atoms with Gasteiger partial charge in [-0.1, -0.05) is 24.3 Å². The van der Waals surface area contributed by atoms with Crippen molar-refractivity contribution in [1.82, 2.24) is 0 Å². The molecule has 108 valence electrons. The Morgan fingerprint density at radius 3 is 2.00 bits per heavy atom. The molecule has 0 spiro atoms. The normalized spacial score (nSPS) is 12.6. The van der Waals surface area contributed by atoms with Crippen LogP contribution >= 0.6 is 0 Å². The van der Waals surface area contributed by atoms with Crippen LogP contribution in [0, 0.1) is 0 Å². The highest BCUT2D eigenvalue weighted by atomic mass is 32.2. The van der Waals surface area contributed by atoms with E-state index >= 15 is 0 Å². The van der Waals surface area contributed by atoms with Crippen molar-refractivity contribution in [2.45, 2.75) is 9.79 Å². The zero-order chi connectivity index (χ0) is 15.1. The summed E-state index contributed by atoms with van der Waals surface area (Å²) in [5.74, 6) is 5.15. The number of anilines is 1. The van der Waals surface area contributed by atoms with Gasteiger partial charge in [0, 0.05) is 5.39 Å². The van der Waals surface area contributed by atoms with E-state index in [1.165, 1.54) is 24.3 Å². The molecule has 2 aromatic carbocycles. The van der Waals surface area contributed by atoms with Gasteiger partial charge in [-0.05, 0) is 11.5 Å². The maximum atomic E-state index is 11.5. The van der Waals surface area contributed by atoms with Gasteiger partial charge in [0.25, 0.3) is 20.2 Å². The molecule has 10 heteroatoms. The van der Waals surface area contributed by atoms with Gasteiger partial charge in [0.05, 0.1) is 5.69 Å². The summed E-state index contributed by atoms with van der Waals surface area (Å²) in [6.07, 6.45) is 0. The van der Waals surface area contributed by atoms with Crippen LogP contribution in [0.15, 0.2) is 40.1 Å². The fourth-order valence-electron chi connectivity index (χ4n) is 1.91. The third-order valence-electron chi connectivity index (χ3n) is 2.63. The van der Waals surface area contributed by atoms with Gasteiger partial charge in [-0.15, -0.1) is 0 Å². The number of hydrazine groups is 1.